The van der Waals surface area contributed by atoms with E-state index in [4.69, 9.17) is 20.8 Å². The van der Waals surface area contributed by atoms with Crippen LogP contribution < -0.4 is 10.4 Å². The van der Waals surface area contributed by atoms with Gasteiger partial charge < -0.3 is 9.15 Å². The predicted octanol–water partition coefficient (Wildman–Crippen LogP) is 5.27. The fourth-order valence-electron chi connectivity index (χ4n) is 2.82. The van der Waals surface area contributed by atoms with Gasteiger partial charge in [-0.1, -0.05) is 22.9 Å². The van der Waals surface area contributed by atoms with E-state index in [1.165, 1.54) is 23.8 Å². The Morgan fingerprint density at radius 1 is 1.25 bits per heavy atom. The van der Waals surface area contributed by atoms with Gasteiger partial charge in [0.1, 0.15) is 11.3 Å². The summed E-state index contributed by atoms with van der Waals surface area (Å²) in [4.78, 5) is 19.9. The molecular formula is C19H11ClF2N2O3S. The molecule has 0 atom stereocenters. The summed E-state index contributed by atoms with van der Waals surface area (Å²) in [7, 11) is 0. The zero-order valence-corrected chi connectivity index (χ0v) is 15.9. The average molecular weight is 421 g/mol. The van der Waals surface area contributed by atoms with Crippen molar-refractivity contribution in [1.82, 2.24) is 9.97 Å². The molecule has 0 aliphatic carbocycles. The van der Waals surface area contributed by atoms with Gasteiger partial charge in [0.2, 0.25) is 5.13 Å². The summed E-state index contributed by atoms with van der Waals surface area (Å²) >= 11 is 6.53. The van der Waals surface area contributed by atoms with E-state index in [2.05, 4.69) is 9.97 Å². The first-order valence-electron chi connectivity index (χ1n) is 8.06. The molecule has 0 amide bonds. The monoisotopic (exact) mass is 420 g/mol. The van der Waals surface area contributed by atoms with E-state index in [-0.39, 0.29) is 34.3 Å². The maximum atomic E-state index is 14.2. The van der Waals surface area contributed by atoms with Crippen molar-refractivity contribution in [3.8, 4) is 11.6 Å². The Labute approximate surface area is 166 Å². The lowest BCUT2D eigenvalue weighted by Gasteiger charge is -2.10. The Kier molecular flexibility index (Phi) is 4.82. The molecule has 3 heterocycles. The summed E-state index contributed by atoms with van der Waals surface area (Å²) in [5, 5.41) is -0.149. The van der Waals surface area contributed by atoms with Gasteiger partial charge in [-0.15, -0.1) is 0 Å². The zero-order chi connectivity index (χ0) is 19.8. The van der Waals surface area contributed by atoms with Crippen LogP contribution in [0, 0.1) is 17.9 Å². The van der Waals surface area contributed by atoms with Gasteiger partial charge in [0.25, 0.3) is 5.88 Å². The molecule has 0 unspecified atom stereocenters. The van der Waals surface area contributed by atoms with Gasteiger partial charge in [-0.05, 0) is 36.2 Å². The first kappa shape index (κ1) is 18.5. The Balaban J connectivity index is 1.74. The number of thiazole rings is 1. The maximum Gasteiger partial charge on any atom is 0.340 e. The lowest BCUT2D eigenvalue weighted by atomic mass is 10.00. The summed E-state index contributed by atoms with van der Waals surface area (Å²) in [5.41, 5.74) is 2.20. The minimum absolute atomic E-state index is 0.0144. The molecule has 0 aliphatic rings. The molecule has 0 fully saturated rings. The first-order valence-corrected chi connectivity index (χ1v) is 9.32. The third kappa shape index (κ3) is 3.36. The largest absolute Gasteiger partial charge is 0.436 e. The fourth-order valence-corrected chi connectivity index (χ4v) is 3.44. The normalized spacial score (nSPS) is 11.1. The Bertz CT molecular complexity index is 1260. The molecule has 9 heteroatoms. The van der Waals surface area contributed by atoms with Gasteiger partial charge >= 0.3 is 5.63 Å². The highest BCUT2D eigenvalue weighted by atomic mass is 35.5. The Hall–Kier alpha value is -2.84. The van der Waals surface area contributed by atoms with E-state index in [0.717, 1.165) is 11.3 Å². The number of halogens is 3. The van der Waals surface area contributed by atoms with Crippen molar-refractivity contribution in [1.29, 1.82) is 0 Å². The minimum atomic E-state index is -0.669. The third-order valence-corrected chi connectivity index (χ3v) is 5.12. The summed E-state index contributed by atoms with van der Waals surface area (Å²) < 4.78 is 38.4. The molecule has 28 heavy (non-hydrogen) atoms. The number of fused-ring (bicyclic) bond motifs is 1. The second-order valence-corrected chi connectivity index (χ2v) is 7.10. The highest BCUT2D eigenvalue weighted by molar-refractivity contribution is 7.08. The van der Waals surface area contributed by atoms with Gasteiger partial charge in [-0.2, -0.15) is 4.39 Å². The van der Waals surface area contributed by atoms with E-state index in [9.17, 15) is 13.6 Å². The van der Waals surface area contributed by atoms with Crippen LogP contribution in [0.1, 0.15) is 16.7 Å². The van der Waals surface area contributed by atoms with Crippen LogP contribution in [0.3, 0.4) is 0 Å². The molecule has 0 aliphatic heterocycles. The lowest BCUT2D eigenvalue weighted by molar-refractivity contribution is 0.433. The highest BCUT2D eigenvalue weighted by Gasteiger charge is 2.16. The van der Waals surface area contributed by atoms with Crippen LogP contribution in [0.5, 0.6) is 11.6 Å². The first-order chi connectivity index (χ1) is 13.4. The Morgan fingerprint density at radius 3 is 2.82 bits per heavy atom. The second-order valence-electron chi connectivity index (χ2n) is 5.94. The summed E-state index contributed by atoms with van der Waals surface area (Å²) in [5.74, 6) is -0.540. The van der Waals surface area contributed by atoms with E-state index in [1.807, 2.05) is 0 Å². The summed E-state index contributed by atoms with van der Waals surface area (Å²) in [6, 6.07) is 6.24. The molecule has 0 spiro atoms. The average Bonchev–Trinajstić information content (AvgIpc) is 3.06. The molecule has 0 bridgehead atoms. The molecule has 0 N–H and O–H groups in total. The van der Waals surface area contributed by atoms with Gasteiger partial charge in [0.15, 0.2) is 11.0 Å². The number of pyridine rings is 1. The maximum absolute atomic E-state index is 14.2. The smallest absolute Gasteiger partial charge is 0.340 e. The number of ether oxygens (including phenoxy) is 1. The lowest BCUT2D eigenvalue weighted by Crippen LogP contribution is -2.12. The molecule has 4 aromatic rings. The number of nitrogens with zero attached hydrogens (tertiary/aromatic N) is 2. The molecule has 3 aromatic heterocycles. The number of benzene rings is 1. The van der Waals surface area contributed by atoms with Crippen LogP contribution in [-0.2, 0) is 6.42 Å². The van der Waals surface area contributed by atoms with Crippen molar-refractivity contribution in [2.24, 2.45) is 0 Å². The van der Waals surface area contributed by atoms with E-state index in [0.29, 0.717) is 16.5 Å². The number of aryl methyl sites for hydroxylation is 1. The number of aromatic nitrogens is 2. The van der Waals surface area contributed by atoms with Gasteiger partial charge in [0, 0.05) is 29.6 Å². The van der Waals surface area contributed by atoms with E-state index >= 15 is 0 Å². The minimum Gasteiger partial charge on any atom is -0.436 e. The van der Waals surface area contributed by atoms with Crippen LogP contribution in [0.15, 0.2) is 45.2 Å². The van der Waals surface area contributed by atoms with Crippen molar-refractivity contribution in [2.45, 2.75) is 13.3 Å². The zero-order valence-electron chi connectivity index (χ0n) is 14.3. The van der Waals surface area contributed by atoms with Crippen molar-refractivity contribution in [3.05, 3.63) is 79.2 Å². The van der Waals surface area contributed by atoms with Crippen molar-refractivity contribution >= 4 is 33.9 Å². The number of rotatable bonds is 4. The van der Waals surface area contributed by atoms with Gasteiger partial charge in [-0.3, -0.25) is 0 Å². The molecule has 4 rings (SSSR count). The van der Waals surface area contributed by atoms with Crippen LogP contribution in [-0.4, -0.2) is 9.97 Å². The molecule has 0 saturated heterocycles. The van der Waals surface area contributed by atoms with Crippen LogP contribution >= 0.6 is 22.9 Å². The summed E-state index contributed by atoms with van der Waals surface area (Å²) in [6.45, 7) is 1.75. The van der Waals surface area contributed by atoms with Crippen molar-refractivity contribution < 1.29 is 17.9 Å². The Morgan fingerprint density at radius 2 is 2.07 bits per heavy atom. The van der Waals surface area contributed by atoms with Gasteiger partial charge in [0.05, 0.1) is 5.51 Å². The van der Waals surface area contributed by atoms with Gasteiger partial charge in [-0.25, -0.2) is 19.2 Å². The van der Waals surface area contributed by atoms with Crippen LogP contribution in [0.4, 0.5) is 8.78 Å². The predicted molar refractivity (Wildman–Crippen MR) is 101 cm³/mol. The molecular weight excluding hydrogens is 410 g/mol. The standard InChI is InChI=1S/C19H11ClF2N2O3S/c1-9-12-3-2-11(26-18-17(22)28-8-24-18)7-14(12)27-19(25)13(9)6-10-4-5-23-16(20)15(10)21/h2-5,7-8H,6H2,1H3. The second kappa shape index (κ2) is 7.29. The van der Waals surface area contributed by atoms with E-state index in [1.54, 1.807) is 19.1 Å². The van der Waals surface area contributed by atoms with Crippen molar-refractivity contribution in [3.63, 3.8) is 0 Å². The van der Waals surface area contributed by atoms with Crippen LogP contribution in [0.25, 0.3) is 11.0 Å². The fraction of sp³-hybridized carbons (Fsp3) is 0.105. The molecule has 0 radical (unpaired) electrons. The molecule has 142 valence electrons. The summed E-state index contributed by atoms with van der Waals surface area (Å²) in [6.07, 6.45) is 1.39. The van der Waals surface area contributed by atoms with Crippen molar-refractivity contribution in [2.75, 3.05) is 0 Å². The van der Waals surface area contributed by atoms with E-state index < -0.39 is 16.6 Å². The molecule has 1 aromatic carbocycles. The quantitative estimate of drug-likeness (QED) is 0.332. The SMILES string of the molecule is Cc1c(Cc2ccnc(Cl)c2F)c(=O)oc2cc(Oc3ncsc3F)ccc12. The highest BCUT2D eigenvalue weighted by Crippen LogP contribution is 2.30. The topological polar surface area (TPSA) is 65.2 Å². The number of hydrogen-bond donors (Lipinski definition) is 0. The third-order valence-electron chi connectivity index (χ3n) is 4.26. The van der Waals surface area contributed by atoms with Crippen LogP contribution in [0.2, 0.25) is 5.15 Å². The molecule has 0 saturated carbocycles. The molecule has 5 nitrogen and oxygen atoms in total. The number of hydrogen-bond acceptors (Lipinski definition) is 6.